The Morgan fingerprint density at radius 1 is 1.24 bits per heavy atom. The van der Waals surface area contributed by atoms with Crippen molar-refractivity contribution in [3.63, 3.8) is 0 Å². The van der Waals surface area contributed by atoms with Gasteiger partial charge in [0.25, 0.3) is 5.91 Å². The first-order chi connectivity index (χ1) is 16.1. The predicted molar refractivity (Wildman–Crippen MR) is 130 cm³/mol. The molecule has 0 aliphatic carbocycles. The van der Waals surface area contributed by atoms with E-state index >= 15 is 0 Å². The zero-order valence-electron chi connectivity index (χ0n) is 19.0. The van der Waals surface area contributed by atoms with Crippen LogP contribution >= 0.6 is 11.8 Å². The highest BCUT2D eigenvalue weighted by Crippen LogP contribution is 2.31. The Balaban J connectivity index is 1.27. The standard InChI is InChI=1S/C25H31N3O4S/c1-28(20-7-11-31-12-8-20)10-13-32-21-4-2-3-18(15-21)17-26-25(30)19-5-6-23-22(16-19)27-24(29)9-14-33-23/h2-6,15-16,20H,7-14,17H2,1H3,(H,26,30)(H,27,29). The molecular weight excluding hydrogens is 438 g/mol. The summed E-state index contributed by atoms with van der Waals surface area (Å²) in [6.45, 7) is 3.54. The maximum Gasteiger partial charge on any atom is 0.251 e. The van der Waals surface area contributed by atoms with Crippen LogP contribution in [0.25, 0.3) is 0 Å². The number of benzene rings is 2. The van der Waals surface area contributed by atoms with Crippen LogP contribution in [0, 0.1) is 0 Å². The summed E-state index contributed by atoms with van der Waals surface area (Å²) in [6, 6.07) is 13.8. The Labute approximate surface area is 199 Å². The molecule has 0 unspecified atom stereocenters. The summed E-state index contributed by atoms with van der Waals surface area (Å²) in [5, 5.41) is 5.84. The number of nitrogens with one attached hydrogen (secondary N) is 2. The normalized spacial score (nSPS) is 16.6. The highest BCUT2D eigenvalue weighted by atomic mass is 32.2. The third-order valence-corrected chi connectivity index (χ3v) is 7.06. The number of likely N-dealkylation sites (N-methyl/N-ethyl adjacent to an activating group) is 1. The van der Waals surface area contributed by atoms with Crippen LogP contribution in [0.1, 0.15) is 35.2 Å². The first kappa shape index (κ1) is 23.6. The number of thioether (sulfide) groups is 1. The van der Waals surface area contributed by atoms with Crippen LogP contribution in [0.5, 0.6) is 5.75 Å². The van der Waals surface area contributed by atoms with E-state index in [4.69, 9.17) is 9.47 Å². The summed E-state index contributed by atoms with van der Waals surface area (Å²) in [6.07, 6.45) is 2.62. The van der Waals surface area contributed by atoms with Crippen molar-refractivity contribution in [3.05, 3.63) is 53.6 Å². The number of hydrogen-bond acceptors (Lipinski definition) is 6. The van der Waals surface area contributed by atoms with E-state index in [1.54, 1.807) is 23.9 Å². The lowest BCUT2D eigenvalue weighted by Crippen LogP contribution is -2.38. The number of fused-ring (bicyclic) bond motifs is 1. The summed E-state index contributed by atoms with van der Waals surface area (Å²) >= 11 is 1.62. The molecule has 2 aliphatic rings. The molecule has 2 N–H and O–H groups in total. The van der Waals surface area contributed by atoms with Gasteiger partial charge in [0.05, 0.1) is 5.69 Å². The van der Waals surface area contributed by atoms with Gasteiger partial charge in [-0.15, -0.1) is 11.8 Å². The van der Waals surface area contributed by atoms with Crippen LogP contribution in [0.4, 0.5) is 5.69 Å². The topological polar surface area (TPSA) is 79.9 Å². The lowest BCUT2D eigenvalue weighted by molar-refractivity contribution is -0.115. The molecule has 2 aromatic rings. The van der Waals surface area contributed by atoms with Gasteiger partial charge in [-0.05, 0) is 55.8 Å². The molecule has 0 saturated carbocycles. The first-order valence-electron chi connectivity index (χ1n) is 11.4. The molecule has 33 heavy (non-hydrogen) atoms. The summed E-state index contributed by atoms with van der Waals surface area (Å²) < 4.78 is 11.4. The van der Waals surface area contributed by atoms with Crippen molar-refractivity contribution >= 4 is 29.3 Å². The van der Waals surface area contributed by atoms with E-state index in [0.717, 1.165) is 54.6 Å². The first-order valence-corrected chi connectivity index (χ1v) is 12.4. The average molecular weight is 470 g/mol. The molecule has 7 nitrogen and oxygen atoms in total. The molecule has 2 aliphatic heterocycles. The van der Waals surface area contributed by atoms with Gasteiger partial charge in [-0.1, -0.05) is 12.1 Å². The van der Waals surface area contributed by atoms with Crippen molar-refractivity contribution in [1.29, 1.82) is 0 Å². The molecule has 0 atom stereocenters. The molecule has 2 heterocycles. The van der Waals surface area contributed by atoms with Gasteiger partial charge in [0, 0.05) is 55.0 Å². The van der Waals surface area contributed by atoms with Gasteiger partial charge in [-0.2, -0.15) is 0 Å². The molecule has 2 amide bonds. The summed E-state index contributed by atoms with van der Waals surface area (Å²) in [4.78, 5) is 27.8. The van der Waals surface area contributed by atoms with Gasteiger partial charge in [-0.3, -0.25) is 14.5 Å². The van der Waals surface area contributed by atoms with E-state index in [1.807, 2.05) is 30.3 Å². The third kappa shape index (κ3) is 6.72. The largest absolute Gasteiger partial charge is 0.492 e. The highest BCUT2D eigenvalue weighted by molar-refractivity contribution is 7.99. The van der Waals surface area contributed by atoms with Crippen molar-refractivity contribution in [2.45, 2.75) is 36.7 Å². The third-order valence-electron chi connectivity index (χ3n) is 5.98. The Morgan fingerprint density at radius 2 is 2.09 bits per heavy atom. The second kappa shape index (κ2) is 11.5. The molecule has 4 rings (SSSR count). The SMILES string of the molecule is CN(CCOc1cccc(CNC(=O)c2ccc3c(c2)NC(=O)CCS3)c1)C1CCOCC1. The van der Waals surface area contributed by atoms with Gasteiger partial charge >= 0.3 is 0 Å². The molecule has 2 aromatic carbocycles. The Bertz CT molecular complexity index is 978. The van der Waals surface area contributed by atoms with Crippen LogP contribution in [0.2, 0.25) is 0 Å². The molecule has 0 spiro atoms. The summed E-state index contributed by atoms with van der Waals surface area (Å²) in [5.74, 6) is 1.35. The minimum absolute atomic E-state index is 0.0189. The minimum atomic E-state index is -0.175. The second-order valence-electron chi connectivity index (χ2n) is 8.36. The molecule has 0 bridgehead atoms. The molecule has 1 fully saturated rings. The fourth-order valence-electron chi connectivity index (χ4n) is 4.01. The molecule has 1 saturated heterocycles. The van der Waals surface area contributed by atoms with Crippen molar-refractivity contribution in [2.75, 3.05) is 44.5 Å². The van der Waals surface area contributed by atoms with E-state index in [2.05, 4.69) is 22.6 Å². The highest BCUT2D eigenvalue weighted by Gasteiger charge is 2.18. The zero-order chi connectivity index (χ0) is 23.0. The maximum absolute atomic E-state index is 12.7. The van der Waals surface area contributed by atoms with Crippen LogP contribution < -0.4 is 15.4 Å². The van der Waals surface area contributed by atoms with Crippen LogP contribution in [0.3, 0.4) is 0 Å². The fourth-order valence-corrected chi connectivity index (χ4v) is 4.94. The van der Waals surface area contributed by atoms with Gasteiger partial charge in [0.1, 0.15) is 12.4 Å². The number of anilines is 1. The summed E-state index contributed by atoms with van der Waals surface area (Å²) in [7, 11) is 2.14. The van der Waals surface area contributed by atoms with Gasteiger partial charge in [0.2, 0.25) is 5.91 Å². The van der Waals surface area contributed by atoms with E-state index in [-0.39, 0.29) is 11.8 Å². The summed E-state index contributed by atoms with van der Waals surface area (Å²) in [5.41, 5.74) is 2.20. The number of nitrogens with zero attached hydrogens (tertiary/aromatic N) is 1. The maximum atomic E-state index is 12.7. The molecule has 0 radical (unpaired) electrons. The Hall–Kier alpha value is -2.55. The number of hydrogen-bond donors (Lipinski definition) is 2. The quantitative estimate of drug-likeness (QED) is 0.616. The minimum Gasteiger partial charge on any atom is -0.492 e. The van der Waals surface area contributed by atoms with Crippen molar-refractivity contribution in [3.8, 4) is 5.75 Å². The van der Waals surface area contributed by atoms with Crippen LogP contribution in [-0.2, 0) is 16.1 Å². The monoisotopic (exact) mass is 469 g/mol. The smallest absolute Gasteiger partial charge is 0.251 e. The molecule has 8 heteroatoms. The van der Waals surface area contributed by atoms with Gasteiger partial charge in [-0.25, -0.2) is 0 Å². The molecular formula is C25H31N3O4S. The number of ether oxygens (including phenoxy) is 2. The fraction of sp³-hybridized carbons (Fsp3) is 0.440. The number of amides is 2. The van der Waals surface area contributed by atoms with Crippen molar-refractivity contribution in [1.82, 2.24) is 10.2 Å². The van der Waals surface area contributed by atoms with Crippen molar-refractivity contribution < 1.29 is 19.1 Å². The van der Waals surface area contributed by atoms with Gasteiger partial charge in [0.15, 0.2) is 0 Å². The van der Waals surface area contributed by atoms with E-state index in [1.165, 1.54) is 0 Å². The zero-order valence-corrected chi connectivity index (χ0v) is 19.8. The average Bonchev–Trinajstić information content (AvgIpc) is 3.03. The van der Waals surface area contributed by atoms with Crippen LogP contribution in [-0.4, -0.2) is 61.9 Å². The van der Waals surface area contributed by atoms with Gasteiger partial charge < -0.3 is 20.1 Å². The molecule has 0 aromatic heterocycles. The number of carbonyl (C=O) groups excluding carboxylic acids is 2. The Kier molecular flexibility index (Phi) is 8.25. The van der Waals surface area contributed by atoms with E-state index < -0.39 is 0 Å². The van der Waals surface area contributed by atoms with Crippen molar-refractivity contribution in [2.24, 2.45) is 0 Å². The lowest BCUT2D eigenvalue weighted by Gasteiger charge is -2.31. The van der Waals surface area contributed by atoms with E-state index in [9.17, 15) is 9.59 Å². The predicted octanol–water partition coefficient (Wildman–Crippen LogP) is 3.54. The lowest BCUT2D eigenvalue weighted by atomic mass is 10.1. The van der Waals surface area contributed by atoms with E-state index in [0.29, 0.717) is 36.9 Å². The Morgan fingerprint density at radius 3 is 2.94 bits per heavy atom. The number of rotatable bonds is 8. The van der Waals surface area contributed by atoms with Crippen LogP contribution in [0.15, 0.2) is 47.4 Å². The molecule has 176 valence electrons. The number of carbonyl (C=O) groups is 2. The second-order valence-corrected chi connectivity index (χ2v) is 9.50.